The Balaban J connectivity index is 1.73. The van der Waals surface area contributed by atoms with E-state index in [0.29, 0.717) is 24.8 Å². The summed E-state index contributed by atoms with van der Waals surface area (Å²) < 4.78 is 33.9. The molecule has 4 rings (SSSR count). The van der Waals surface area contributed by atoms with Gasteiger partial charge in [0.2, 0.25) is 0 Å². The van der Waals surface area contributed by atoms with Gasteiger partial charge < -0.3 is 0 Å². The highest BCUT2D eigenvalue weighted by Crippen LogP contribution is 2.49. The van der Waals surface area contributed by atoms with Crippen LogP contribution in [-0.4, -0.2) is 22.8 Å². The van der Waals surface area contributed by atoms with Gasteiger partial charge in [-0.3, -0.25) is 9.69 Å². The Labute approximate surface area is 143 Å². The molecule has 0 N–H and O–H groups in total. The molecular weight excluding hydrogens is 282 g/mol. The van der Waals surface area contributed by atoms with Crippen molar-refractivity contribution in [1.82, 2.24) is 4.90 Å². The van der Waals surface area contributed by atoms with Crippen molar-refractivity contribution >= 4 is 5.78 Å². The molecule has 1 heterocycles. The van der Waals surface area contributed by atoms with Gasteiger partial charge >= 0.3 is 0 Å². The largest absolute Gasteiger partial charge is 0.292 e. The lowest BCUT2D eigenvalue weighted by molar-refractivity contribution is 0.0963. The summed E-state index contributed by atoms with van der Waals surface area (Å²) in [5.41, 5.74) is 1.52. The zero-order chi connectivity index (χ0) is 19.2. The van der Waals surface area contributed by atoms with E-state index in [0.717, 1.165) is 5.56 Å². The van der Waals surface area contributed by atoms with E-state index in [1.54, 1.807) is 17.0 Å². The van der Waals surface area contributed by atoms with Crippen molar-refractivity contribution in [1.29, 1.82) is 0 Å². The maximum absolute atomic E-state index is 13.2. The molecule has 1 saturated heterocycles. The lowest BCUT2D eigenvalue weighted by Gasteiger charge is -2.24. The van der Waals surface area contributed by atoms with Crippen LogP contribution >= 0.6 is 0 Å². The van der Waals surface area contributed by atoms with Crippen LogP contribution in [-0.2, 0) is 0 Å². The summed E-state index contributed by atoms with van der Waals surface area (Å²) in [4.78, 5) is 15.0. The van der Waals surface area contributed by atoms with Gasteiger partial charge in [-0.1, -0.05) is 79.9 Å². The molecular formula is C21H23NO. The average Bonchev–Trinajstić information content (AvgIpc) is 3.35. The van der Waals surface area contributed by atoms with Gasteiger partial charge in [-0.05, 0) is 18.3 Å². The van der Waals surface area contributed by atoms with E-state index >= 15 is 0 Å². The van der Waals surface area contributed by atoms with Crippen LogP contribution in [0.4, 0.5) is 0 Å². The molecule has 23 heavy (non-hydrogen) atoms. The fourth-order valence-electron chi connectivity index (χ4n) is 3.47. The summed E-state index contributed by atoms with van der Waals surface area (Å²) >= 11 is 0. The van der Waals surface area contributed by atoms with Gasteiger partial charge in [0.25, 0.3) is 0 Å². The number of carbonyl (C=O) groups excluding carboxylic acids is 1. The number of rotatable bonds is 4. The minimum Gasteiger partial charge on any atom is -0.292 e. The van der Waals surface area contributed by atoms with Gasteiger partial charge in [-0.2, -0.15) is 0 Å². The zero-order valence-corrected chi connectivity index (χ0v) is 13.0. The van der Waals surface area contributed by atoms with E-state index in [4.69, 9.17) is 5.48 Å². The van der Waals surface area contributed by atoms with Crippen molar-refractivity contribution in [3.63, 3.8) is 0 Å². The van der Waals surface area contributed by atoms with Crippen LogP contribution in [0.2, 0.25) is 0 Å². The number of Topliss-reactive ketones (excluding diaryl/α,β-unsaturated/α-hetero) is 1. The number of hydrogen-bond acceptors (Lipinski definition) is 2. The molecule has 0 radical (unpaired) electrons. The number of carbonyl (C=O) groups is 1. The molecule has 1 aliphatic heterocycles. The smallest absolute Gasteiger partial charge is 0.181 e. The molecule has 0 amide bonds. The lowest BCUT2D eigenvalue weighted by Crippen LogP contribution is -2.26. The first-order chi connectivity index (χ1) is 12.8. The van der Waals surface area contributed by atoms with Gasteiger partial charge in [-0.25, -0.2) is 0 Å². The molecule has 1 aliphatic carbocycles. The van der Waals surface area contributed by atoms with E-state index in [1.807, 2.05) is 48.5 Å². The summed E-state index contributed by atoms with van der Waals surface area (Å²) in [6.45, 7) is 0. The molecule has 2 aliphatic rings. The summed E-state index contributed by atoms with van der Waals surface area (Å²) in [5.74, 6) is -0.0679. The number of nitrogens with zero attached hydrogens (tertiary/aromatic N) is 1. The Morgan fingerprint density at radius 3 is 2.17 bits per heavy atom. The Bertz CT molecular complexity index is 809. The van der Waals surface area contributed by atoms with E-state index in [9.17, 15) is 4.79 Å². The van der Waals surface area contributed by atoms with Crippen molar-refractivity contribution in [3.05, 3.63) is 71.8 Å². The summed E-state index contributed by atoms with van der Waals surface area (Å²) in [6, 6.07) is 16.9. The standard InChI is InChI=1S/C21H23NO/c23-21(17-12-6-2-7-13-17)20-19(16-10-4-1-5-11-16)22(20)18-14-8-3-9-15-18/h1-2,4-7,10-13,18-20H,3,8-9,14-15H2/t19-,20-,22?/m0/s1/i14D2,15D2. The van der Waals surface area contributed by atoms with Crippen LogP contribution in [0.1, 0.15) is 59.5 Å². The highest BCUT2D eigenvalue weighted by molar-refractivity contribution is 6.02. The highest BCUT2D eigenvalue weighted by Gasteiger charge is 2.55. The minimum atomic E-state index is -1.67. The summed E-state index contributed by atoms with van der Waals surface area (Å²) in [5, 5.41) is 0. The van der Waals surface area contributed by atoms with E-state index in [1.165, 1.54) is 0 Å². The molecule has 118 valence electrons. The monoisotopic (exact) mass is 309 g/mol. The third-order valence-corrected chi connectivity index (χ3v) is 4.65. The van der Waals surface area contributed by atoms with Crippen molar-refractivity contribution in [2.45, 2.75) is 50.1 Å². The van der Waals surface area contributed by atoms with E-state index in [-0.39, 0.29) is 11.8 Å². The van der Waals surface area contributed by atoms with Crippen LogP contribution in [0.15, 0.2) is 60.7 Å². The van der Waals surface area contributed by atoms with Crippen molar-refractivity contribution < 1.29 is 10.3 Å². The number of ketones is 1. The fourth-order valence-corrected chi connectivity index (χ4v) is 3.47. The first kappa shape index (κ1) is 10.8. The van der Waals surface area contributed by atoms with Gasteiger partial charge in [0.05, 0.1) is 12.1 Å². The van der Waals surface area contributed by atoms with Gasteiger partial charge in [0, 0.05) is 17.1 Å². The second-order valence-corrected chi connectivity index (χ2v) is 6.14. The van der Waals surface area contributed by atoms with E-state index in [2.05, 4.69) is 0 Å². The molecule has 0 spiro atoms. The van der Waals surface area contributed by atoms with Crippen LogP contribution in [0, 0.1) is 0 Å². The highest BCUT2D eigenvalue weighted by atomic mass is 16.1. The molecule has 0 aromatic heterocycles. The second-order valence-electron chi connectivity index (χ2n) is 6.14. The Morgan fingerprint density at radius 2 is 1.52 bits per heavy atom. The SMILES string of the molecule is [2H]C1([2H])CCCC([2H])([2H])C1N1[C@H](C(=O)c2ccccc2)[C@@H]1c1ccccc1. The summed E-state index contributed by atoms with van der Waals surface area (Å²) in [6.07, 6.45) is -2.17. The quantitative estimate of drug-likeness (QED) is 0.606. The van der Waals surface area contributed by atoms with Crippen molar-refractivity contribution in [2.75, 3.05) is 0 Å². The maximum atomic E-state index is 13.2. The predicted octanol–water partition coefficient (Wildman–Crippen LogP) is 4.63. The van der Waals surface area contributed by atoms with Gasteiger partial charge in [0.15, 0.2) is 5.78 Å². The lowest BCUT2D eigenvalue weighted by atomic mass is 9.95. The molecule has 2 aromatic carbocycles. The minimum absolute atomic E-state index is 0.0679. The van der Waals surface area contributed by atoms with E-state index < -0.39 is 24.8 Å². The third kappa shape index (κ3) is 2.84. The van der Waals surface area contributed by atoms with Crippen LogP contribution in [0.3, 0.4) is 0 Å². The third-order valence-electron chi connectivity index (χ3n) is 4.65. The van der Waals surface area contributed by atoms with Crippen LogP contribution in [0.25, 0.3) is 0 Å². The molecule has 0 bridgehead atoms. The molecule has 1 saturated carbocycles. The van der Waals surface area contributed by atoms with Crippen LogP contribution < -0.4 is 0 Å². The van der Waals surface area contributed by atoms with Gasteiger partial charge in [0.1, 0.15) is 0 Å². The molecule has 2 nitrogen and oxygen atoms in total. The first-order valence-electron chi connectivity index (χ1n) is 10.2. The fraction of sp³-hybridized carbons (Fsp3) is 0.381. The topological polar surface area (TPSA) is 20.1 Å². The molecule has 2 aromatic rings. The normalized spacial score (nSPS) is 34.5. The summed E-state index contributed by atoms with van der Waals surface area (Å²) in [7, 11) is 0. The second kappa shape index (κ2) is 6.29. The Kier molecular flexibility index (Phi) is 2.94. The number of hydrogen-bond donors (Lipinski definition) is 0. The Hall–Kier alpha value is -1.93. The van der Waals surface area contributed by atoms with Crippen molar-refractivity contribution in [3.8, 4) is 0 Å². The van der Waals surface area contributed by atoms with Gasteiger partial charge in [-0.15, -0.1) is 0 Å². The molecule has 2 fully saturated rings. The van der Waals surface area contributed by atoms with Crippen LogP contribution in [0.5, 0.6) is 0 Å². The van der Waals surface area contributed by atoms with Crippen molar-refractivity contribution in [2.24, 2.45) is 0 Å². The Morgan fingerprint density at radius 1 is 0.913 bits per heavy atom. The molecule has 3 atom stereocenters. The maximum Gasteiger partial charge on any atom is 0.181 e. The predicted molar refractivity (Wildman–Crippen MR) is 92.5 cm³/mol. The number of benzene rings is 2. The average molecular weight is 309 g/mol. The zero-order valence-electron chi connectivity index (χ0n) is 17.0. The first-order valence-corrected chi connectivity index (χ1v) is 8.25. The molecule has 2 heteroatoms. The molecule has 1 unspecified atom stereocenters.